The van der Waals surface area contributed by atoms with Gasteiger partial charge in [-0.05, 0) is 55.0 Å². The van der Waals surface area contributed by atoms with Crippen molar-refractivity contribution >= 4 is 22.3 Å². The van der Waals surface area contributed by atoms with Crippen LogP contribution < -0.4 is 15.5 Å². The zero-order chi connectivity index (χ0) is 16.8. The Balaban J connectivity index is 1.40. The van der Waals surface area contributed by atoms with Crippen molar-refractivity contribution in [3.8, 4) is 0 Å². The fraction of sp³-hybridized carbons (Fsp3) is 0.722. The lowest BCUT2D eigenvalue weighted by Gasteiger charge is -2.33. The van der Waals surface area contributed by atoms with Crippen LogP contribution >= 0.6 is 11.3 Å². The molecule has 1 aliphatic heterocycles. The first-order valence-electron chi connectivity index (χ1n) is 8.99. The summed E-state index contributed by atoms with van der Waals surface area (Å²) < 4.78 is 5.24. The maximum absolute atomic E-state index is 5.24. The Bertz CT molecular complexity index is 519. The van der Waals surface area contributed by atoms with Crippen molar-refractivity contribution in [2.45, 2.75) is 38.1 Å². The molecule has 24 heavy (non-hydrogen) atoms. The maximum Gasteiger partial charge on any atom is 0.191 e. The van der Waals surface area contributed by atoms with E-state index in [0.29, 0.717) is 11.5 Å². The largest absolute Gasteiger partial charge is 0.385 e. The number of piperidine rings is 1. The van der Waals surface area contributed by atoms with Crippen LogP contribution in [0.2, 0.25) is 0 Å². The second kappa shape index (κ2) is 8.21. The molecule has 0 bridgehead atoms. The van der Waals surface area contributed by atoms with Gasteiger partial charge >= 0.3 is 0 Å². The fourth-order valence-corrected chi connectivity index (χ4v) is 4.15. The van der Waals surface area contributed by atoms with E-state index in [9.17, 15) is 0 Å². The Morgan fingerprint density at radius 1 is 1.42 bits per heavy atom. The number of guanidine groups is 1. The molecule has 2 N–H and O–H groups in total. The van der Waals surface area contributed by atoms with E-state index in [1.807, 2.05) is 18.4 Å². The Morgan fingerprint density at radius 2 is 2.21 bits per heavy atom. The van der Waals surface area contributed by atoms with Crippen LogP contribution in [-0.2, 0) is 4.74 Å². The summed E-state index contributed by atoms with van der Waals surface area (Å²) in [4.78, 5) is 6.90. The highest BCUT2D eigenvalue weighted by atomic mass is 32.1. The smallest absolute Gasteiger partial charge is 0.191 e. The molecular formula is C18H30N4OS. The number of nitrogens with zero attached hydrogens (tertiary/aromatic N) is 2. The lowest BCUT2D eigenvalue weighted by molar-refractivity contribution is 0.172. The van der Waals surface area contributed by atoms with Gasteiger partial charge in [-0.1, -0.05) is 0 Å². The predicted octanol–water partition coefficient (Wildman–Crippen LogP) is 2.70. The topological polar surface area (TPSA) is 48.9 Å². The molecule has 0 amide bonds. The lowest BCUT2D eigenvalue weighted by atomic mass is 10.0. The van der Waals surface area contributed by atoms with E-state index in [0.717, 1.165) is 51.5 Å². The number of ether oxygens (including phenoxy) is 1. The van der Waals surface area contributed by atoms with Crippen LogP contribution in [0.1, 0.15) is 32.1 Å². The third-order valence-corrected chi connectivity index (χ3v) is 6.23. The van der Waals surface area contributed by atoms with Crippen molar-refractivity contribution < 1.29 is 4.74 Å². The van der Waals surface area contributed by atoms with Crippen LogP contribution in [0.4, 0.5) is 5.00 Å². The Morgan fingerprint density at radius 3 is 2.79 bits per heavy atom. The Hall–Kier alpha value is -1.27. The average molecular weight is 351 g/mol. The standard InChI is InChI=1S/C18H30N4OS/c1-19-17(20-14-18(7-8-18)9-12-23-2)21-15-5-10-22(11-6-15)16-4-3-13-24-16/h3-4,13,15H,5-12,14H2,1-2H3,(H2,19,20,21). The molecule has 0 spiro atoms. The van der Waals surface area contributed by atoms with Gasteiger partial charge in [0, 0.05) is 46.4 Å². The van der Waals surface area contributed by atoms with E-state index in [-0.39, 0.29) is 0 Å². The van der Waals surface area contributed by atoms with Crippen molar-refractivity contribution in [3.05, 3.63) is 17.5 Å². The summed E-state index contributed by atoms with van der Waals surface area (Å²) in [5, 5.41) is 10.7. The molecule has 5 nitrogen and oxygen atoms in total. The van der Waals surface area contributed by atoms with Gasteiger partial charge in [0.2, 0.25) is 0 Å². The van der Waals surface area contributed by atoms with Gasteiger partial charge in [-0.2, -0.15) is 0 Å². The quantitative estimate of drug-likeness (QED) is 0.586. The lowest BCUT2D eigenvalue weighted by Crippen LogP contribution is -2.49. The highest BCUT2D eigenvalue weighted by molar-refractivity contribution is 7.14. The SMILES string of the molecule is CN=C(NCC1(CCOC)CC1)NC1CCN(c2cccs2)CC1. The summed E-state index contributed by atoms with van der Waals surface area (Å²) in [5.41, 5.74) is 0.441. The molecule has 2 heterocycles. The summed E-state index contributed by atoms with van der Waals surface area (Å²) in [5.74, 6) is 0.952. The van der Waals surface area contributed by atoms with Gasteiger partial charge in [-0.3, -0.25) is 4.99 Å². The van der Waals surface area contributed by atoms with E-state index in [1.165, 1.54) is 17.8 Å². The van der Waals surface area contributed by atoms with Crippen LogP contribution in [0.3, 0.4) is 0 Å². The highest BCUT2D eigenvalue weighted by Crippen LogP contribution is 2.48. The van der Waals surface area contributed by atoms with E-state index in [4.69, 9.17) is 4.74 Å². The molecule has 1 aromatic heterocycles. The molecule has 6 heteroatoms. The molecule has 1 saturated carbocycles. The monoisotopic (exact) mass is 350 g/mol. The van der Waals surface area contributed by atoms with Crippen LogP contribution in [0.5, 0.6) is 0 Å². The number of rotatable bonds is 7. The molecular weight excluding hydrogens is 320 g/mol. The van der Waals surface area contributed by atoms with Crippen molar-refractivity contribution in [2.75, 3.05) is 45.3 Å². The van der Waals surface area contributed by atoms with Crippen molar-refractivity contribution in [2.24, 2.45) is 10.4 Å². The first-order valence-corrected chi connectivity index (χ1v) is 9.87. The predicted molar refractivity (Wildman–Crippen MR) is 102 cm³/mol. The number of methoxy groups -OCH3 is 1. The minimum absolute atomic E-state index is 0.441. The molecule has 0 aromatic carbocycles. The van der Waals surface area contributed by atoms with E-state index >= 15 is 0 Å². The summed E-state index contributed by atoms with van der Waals surface area (Å²) in [6.45, 7) is 4.10. The average Bonchev–Trinajstić information content (AvgIpc) is 3.17. The van der Waals surface area contributed by atoms with Gasteiger partial charge in [0.05, 0.1) is 5.00 Å². The van der Waals surface area contributed by atoms with E-state index < -0.39 is 0 Å². The molecule has 0 atom stereocenters. The van der Waals surface area contributed by atoms with Crippen molar-refractivity contribution in [1.82, 2.24) is 10.6 Å². The molecule has 0 unspecified atom stereocenters. The van der Waals surface area contributed by atoms with Crippen LogP contribution in [0.25, 0.3) is 0 Å². The highest BCUT2D eigenvalue weighted by Gasteiger charge is 2.42. The van der Waals surface area contributed by atoms with Gasteiger partial charge in [0.25, 0.3) is 0 Å². The zero-order valence-electron chi connectivity index (χ0n) is 14.9. The minimum Gasteiger partial charge on any atom is -0.385 e. The normalized spacial score (nSPS) is 20.9. The number of aliphatic imine (C=N–C) groups is 1. The molecule has 0 radical (unpaired) electrons. The van der Waals surface area contributed by atoms with Gasteiger partial charge < -0.3 is 20.3 Å². The first kappa shape index (κ1) is 17.5. The minimum atomic E-state index is 0.441. The molecule has 2 aliphatic rings. The summed E-state index contributed by atoms with van der Waals surface area (Å²) in [7, 11) is 3.65. The van der Waals surface area contributed by atoms with Crippen LogP contribution in [-0.4, -0.2) is 52.4 Å². The van der Waals surface area contributed by atoms with E-state index in [2.05, 4.69) is 38.0 Å². The molecule has 134 valence electrons. The van der Waals surface area contributed by atoms with Gasteiger partial charge in [-0.25, -0.2) is 0 Å². The maximum atomic E-state index is 5.24. The summed E-state index contributed by atoms with van der Waals surface area (Å²) in [6, 6.07) is 4.86. The molecule has 3 rings (SSSR count). The van der Waals surface area contributed by atoms with Gasteiger partial charge in [0.1, 0.15) is 0 Å². The molecule has 1 aliphatic carbocycles. The fourth-order valence-electron chi connectivity index (χ4n) is 3.36. The number of anilines is 1. The van der Waals surface area contributed by atoms with Crippen LogP contribution in [0, 0.1) is 5.41 Å². The first-order chi connectivity index (χ1) is 11.7. The van der Waals surface area contributed by atoms with Gasteiger partial charge in [0.15, 0.2) is 5.96 Å². The summed E-state index contributed by atoms with van der Waals surface area (Å²) >= 11 is 1.83. The van der Waals surface area contributed by atoms with Gasteiger partial charge in [-0.15, -0.1) is 11.3 Å². The van der Waals surface area contributed by atoms with Crippen LogP contribution in [0.15, 0.2) is 22.5 Å². The molecule has 1 saturated heterocycles. The molecule has 1 aromatic rings. The third-order valence-electron chi connectivity index (χ3n) is 5.30. The third kappa shape index (κ3) is 4.63. The summed E-state index contributed by atoms with van der Waals surface area (Å²) in [6.07, 6.45) is 6.08. The second-order valence-electron chi connectivity index (χ2n) is 7.03. The number of nitrogens with one attached hydrogen (secondary N) is 2. The molecule has 2 fully saturated rings. The number of thiophene rings is 1. The van der Waals surface area contributed by atoms with E-state index in [1.54, 1.807) is 7.11 Å². The Labute approximate surface area is 149 Å². The Kier molecular flexibility index (Phi) is 6.00. The second-order valence-corrected chi connectivity index (χ2v) is 7.95. The number of hydrogen-bond acceptors (Lipinski definition) is 4. The van der Waals surface area contributed by atoms with Crippen molar-refractivity contribution in [3.63, 3.8) is 0 Å². The number of hydrogen-bond donors (Lipinski definition) is 2. The van der Waals surface area contributed by atoms with Crippen molar-refractivity contribution in [1.29, 1.82) is 0 Å². The zero-order valence-corrected chi connectivity index (χ0v) is 15.7.